The molecular weight excluding hydrogens is 775 g/mol. The summed E-state index contributed by atoms with van der Waals surface area (Å²) in [6.07, 6.45) is 1.87. The third-order valence-electron chi connectivity index (χ3n) is 13.7. The molecule has 0 aliphatic carbocycles. The lowest BCUT2D eigenvalue weighted by Gasteiger charge is -2.46. The van der Waals surface area contributed by atoms with Gasteiger partial charge in [-0.1, -0.05) is 151 Å². The van der Waals surface area contributed by atoms with E-state index in [1.54, 1.807) is 0 Å². The van der Waals surface area contributed by atoms with Gasteiger partial charge in [0.1, 0.15) is 5.58 Å². The molecule has 4 heteroatoms. The van der Waals surface area contributed by atoms with Crippen LogP contribution in [0.15, 0.2) is 181 Å². The minimum Gasteiger partial charge on any atom is -0.464 e. The summed E-state index contributed by atoms with van der Waals surface area (Å²) < 4.78 is 6.61. The summed E-state index contributed by atoms with van der Waals surface area (Å²) in [7, 11) is 0. The molecule has 9 aromatic rings. The van der Waals surface area contributed by atoms with Gasteiger partial charge >= 0.3 is 6.85 Å². The molecule has 0 radical (unpaired) electrons. The molecule has 0 fully saturated rings. The van der Waals surface area contributed by atoms with Crippen molar-refractivity contribution < 1.29 is 4.42 Å². The van der Waals surface area contributed by atoms with Crippen molar-refractivity contribution in [1.82, 2.24) is 0 Å². The number of anilines is 5. The Kier molecular flexibility index (Phi) is 9.19. The van der Waals surface area contributed by atoms with Crippen LogP contribution in [-0.4, -0.2) is 6.85 Å². The molecule has 0 unspecified atom stereocenters. The van der Waals surface area contributed by atoms with E-state index in [4.69, 9.17) is 4.42 Å². The van der Waals surface area contributed by atoms with Gasteiger partial charge in [0.2, 0.25) is 0 Å². The van der Waals surface area contributed by atoms with E-state index in [-0.39, 0.29) is 17.7 Å². The SMILES string of the molecule is Cc1cccc(C)c1-c1ccc2c(c1)N(c1cc(-c3ccccc3)cc(-c3ccccc3)c1)c1cc3ccoc3c3c1B2N(c1ccc(C(C)(C)C)cc1)c1ccc(C(C)(C)C)cc1-3. The van der Waals surface area contributed by atoms with E-state index in [0.29, 0.717) is 0 Å². The van der Waals surface area contributed by atoms with Gasteiger partial charge in [-0.15, -0.1) is 0 Å². The lowest BCUT2D eigenvalue weighted by atomic mass is 9.43. The molecule has 3 heterocycles. The van der Waals surface area contributed by atoms with Gasteiger partial charge in [0.15, 0.2) is 0 Å². The molecule has 0 atom stereocenters. The van der Waals surface area contributed by atoms with E-state index < -0.39 is 0 Å². The fourth-order valence-electron chi connectivity index (χ4n) is 10.4. The van der Waals surface area contributed by atoms with Crippen LogP contribution < -0.4 is 20.6 Å². The zero-order valence-corrected chi connectivity index (χ0v) is 38.1. The van der Waals surface area contributed by atoms with E-state index >= 15 is 0 Å². The number of hydrogen-bond donors (Lipinski definition) is 0. The van der Waals surface area contributed by atoms with Crippen molar-refractivity contribution in [1.29, 1.82) is 0 Å². The summed E-state index contributed by atoms with van der Waals surface area (Å²) in [4.78, 5) is 5.17. The van der Waals surface area contributed by atoms with Crippen LogP contribution in [0.2, 0.25) is 0 Å². The fraction of sp³-hybridized carbons (Fsp3) is 0.167. The number of nitrogens with zero attached hydrogens (tertiary/aromatic N) is 2. The molecule has 0 amide bonds. The van der Waals surface area contributed by atoms with Gasteiger partial charge in [0.05, 0.1) is 6.26 Å². The van der Waals surface area contributed by atoms with Gasteiger partial charge in [-0.3, -0.25) is 0 Å². The first-order valence-corrected chi connectivity index (χ1v) is 22.7. The van der Waals surface area contributed by atoms with Crippen LogP contribution in [0, 0.1) is 13.8 Å². The van der Waals surface area contributed by atoms with E-state index in [1.807, 2.05) is 6.26 Å². The molecule has 0 saturated carbocycles. The fourth-order valence-corrected chi connectivity index (χ4v) is 10.4. The molecular formula is C60H53BN2O. The molecule has 11 rings (SSSR count). The Morgan fingerprint density at radius 2 is 1.08 bits per heavy atom. The van der Waals surface area contributed by atoms with Gasteiger partial charge in [-0.2, -0.15) is 0 Å². The molecule has 8 aromatic carbocycles. The van der Waals surface area contributed by atoms with Crippen LogP contribution in [0.1, 0.15) is 63.8 Å². The molecule has 2 aliphatic heterocycles. The normalized spacial score (nSPS) is 13.2. The second-order valence-corrected chi connectivity index (χ2v) is 20.0. The maximum Gasteiger partial charge on any atom is 0.333 e. The summed E-state index contributed by atoms with van der Waals surface area (Å²) >= 11 is 0. The molecule has 2 aliphatic rings. The maximum atomic E-state index is 6.61. The van der Waals surface area contributed by atoms with Crippen molar-refractivity contribution >= 4 is 57.2 Å². The summed E-state index contributed by atoms with van der Waals surface area (Å²) in [5, 5.41) is 1.09. The van der Waals surface area contributed by atoms with Crippen molar-refractivity contribution in [2.45, 2.75) is 66.2 Å². The first-order valence-electron chi connectivity index (χ1n) is 22.7. The molecule has 1 aromatic heterocycles. The van der Waals surface area contributed by atoms with Crippen molar-refractivity contribution in [3.63, 3.8) is 0 Å². The highest BCUT2D eigenvalue weighted by molar-refractivity contribution is 6.94. The van der Waals surface area contributed by atoms with Gasteiger partial charge in [0.25, 0.3) is 0 Å². The Morgan fingerprint density at radius 3 is 1.70 bits per heavy atom. The monoisotopic (exact) mass is 828 g/mol. The van der Waals surface area contributed by atoms with Crippen LogP contribution >= 0.6 is 0 Å². The number of furan rings is 1. The number of fused-ring (bicyclic) bond motifs is 6. The highest BCUT2D eigenvalue weighted by Gasteiger charge is 2.46. The minimum atomic E-state index is -0.155. The van der Waals surface area contributed by atoms with Crippen molar-refractivity contribution in [2.75, 3.05) is 9.71 Å². The van der Waals surface area contributed by atoms with E-state index in [2.05, 4.69) is 235 Å². The quantitative estimate of drug-likeness (QED) is 0.161. The van der Waals surface area contributed by atoms with E-state index in [1.165, 1.54) is 89.1 Å². The largest absolute Gasteiger partial charge is 0.464 e. The van der Waals surface area contributed by atoms with Crippen molar-refractivity contribution in [3.8, 4) is 44.5 Å². The van der Waals surface area contributed by atoms with E-state index in [0.717, 1.165) is 28.0 Å². The molecule has 0 N–H and O–H groups in total. The van der Waals surface area contributed by atoms with E-state index in [9.17, 15) is 0 Å². The third kappa shape index (κ3) is 6.50. The lowest BCUT2D eigenvalue weighted by molar-refractivity contribution is 0.590. The zero-order valence-electron chi connectivity index (χ0n) is 38.1. The molecule has 0 bridgehead atoms. The van der Waals surface area contributed by atoms with Gasteiger partial charge in [0, 0.05) is 45.0 Å². The van der Waals surface area contributed by atoms with Crippen LogP contribution in [0.3, 0.4) is 0 Å². The molecule has 64 heavy (non-hydrogen) atoms. The molecule has 312 valence electrons. The van der Waals surface area contributed by atoms with Gasteiger partial charge in [-0.05, 0) is 152 Å². The number of hydrogen-bond acceptors (Lipinski definition) is 3. The second kappa shape index (κ2) is 14.8. The summed E-state index contributed by atoms with van der Waals surface area (Å²) in [6, 6.07) is 63.6. The Hall–Kier alpha value is -7.04. The third-order valence-corrected chi connectivity index (χ3v) is 13.7. The number of rotatable bonds is 5. The first kappa shape index (κ1) is 39.8. The van der Waals surface area contributed by atoms with Crippen molar-refractivity contribution in [2.24, 2.45) is 0 Å². The van der Waals surface area contributed by atoms with Gasteiger partial charge in [-0.25, -0.2) is 0 Å². The topological polar surface area (TPSA) is 19.6 Å². The standard InChI is InChI=1S/C60H53BN2O/c1-38-16-15-17-39(2)55(38)42-22-28-51-53(35-42)62(49-33-44(40-18-11-9-12-19-40)32-45(34-49)41-20-13-10-14-21-41)54-36-43-30-31-64-58(43)56-50-37-47(60(6,7)8)25-29-52(50)63(61(51)57(54)56)48-26-23-46(24-27-48)59(3,4)5/h9-37H,1-8H3. The summed E-state index contributed by atoms with van der Waals surface area (Å²) in [6.45, 7) is 18.1. The van der Waals surface area contributed by atoms with Crippen LogP contribution in [0.25, 0.3) is 55.5 Å². The Balaban J connectivity index is 1.27. The number of benzene rings is 8. The average Bonchev–Trinajstić information content (AvgIpc) is 3.77. The predicted molar refractivity (Wildman–Crippen MR) is 273 cm³/mol. The highest BCUT2D eigenvalue weighted by atomic mass is 16.3. The summed E-state index contributed by atoms with van der Waals surface area (Å²) in [5.41, 5.74) is 23.9. The summed E-state index contributed by atoms with van der Waals surface area (Å²) in [5.74, 6) is 0. The number of aryl methyl sites for hydroxylation is 2. The van der Waals surface area contributed by atoms with Crippen molar-refractivity contribution in [3.05, 3.63) is 198 Å². The molecule has 0 spiro atoms. The molecule has 3 nitrogen and oxygen atoms in total. The first-order chi connectivity index (χ1) is 30.8. The maximum absolute atomic E-state index is 6.61. The van der Waals surface area contributed by atoms with Crippen LogP contribution in [0.4, 0.5) is 28.4 Å². The lowest BCUT2D eigenvalue weighted by Crippen LogP contribution is -2.61. The Labute approximate surface area is 378 Å². The highest BCUT2D eigenvalue weighted by Crippen LogP contribution is 2.51. The Bertz CT molecular complexity index is 3180. The van der Waals surface area contributed by atoms with Gasteiger partial charge < -0.3 is 14.1 Å². The van der Waals surface area contributed by atoms with Crippen LogP contribution in [-0.2, 0) is 10.8 Å². The minimum absolute atomic E-state index is 0.0273. The smallest absolute Gasteiger partial charge is 0.333 e. The predicted octanol–water partition coefficient (Wildman–Crippen LogP) is 15.4. The molecule has 0 saturated heterocycles. The zero-order chi connectivity index (χ0) is 44.1. The average molecular weight is 829 g/mol. The Morgan fingerprint density at radius 1 is 0.453 bits per heavy atom. The van der Waals surface area contributed by atoms with Crippen LogP contribution in [0.5, 0.6) is 0 Å². The second-order valence-electron chi connectivity index (χ2n) is 20.0.